The first kappa shape index (κ1) is 21.2. The summed E-state index contributed by atoms with van der Waals surface area (Å²) in [4.78, 5) is 9.51. The molecule has 6 aromatic carbocycles. The van der Waals surface area contributed by atoms with E-state index < -0.39 is 78.2 Å². The summed E-state index contributed by atoms with van der Waals surface area (Å²) in [5.41, 5.74) is 3.13. The van der Waals surface area contributed by atoms with Gasteiger partial charge in [0.05, 0.1) is 37.6 Å². The normalized spacial score (nSPS) is 15.7. The van der Waals surface area contributed by atoms with Gasteiger partial charge in [-0.05, 0) is 113 Å². The first-order valence-corrected chi connectivity index (χ1v) is 16.7. The van der Waals surface area contributed by atoms with Gasteiger partial charge in [-0.15, -0.1) is 0 Å². The number of benzene rings is 6. The Bertz CT molecular complexity index is 3180. The first-order valence-electron chi connectivity index (χ1n) is 23.2. The van der Waals surface area contributed by atoms with Gasteiger partial charge < -0.3 is 5.11 Å². The molecular weight excluding hydrogens is 635 g/mol. The summed E-state index contributed by atoms with van der Waals surface area (Å²) in [7, 11) is 0. The minimum atomic E-state index is -2.98. The lowest BCUT2D eigenvalue weighted by Gasteiger charge is -2.22. The number of hydrogen-bond acceptors (Lipinski definition) is 3. The van der Waals surface area contributed by atoms with Gasteiger partial charge in [0.25, 0.3) is 0 Å². The van der Waals surface area contributed by atoms with Crippen LogP contribution < -0.4 is 0 Å². The second-order valence-electron chi connectivity index (χ2n) is 13.6. The Balaban J connectivity index is 1.41. The van der Waals surface area contributed by atoms with E-state index in [9.17, 15) is 6.48 Å². The molecule has 4 nitrogen and oxygen atoms in total. The highest BCUT2D eigenvalue weighted by atomic mass is 16.3. The molecule has 0 aliphatic carbocycles. The van der Waals surface area contributed by atoms with E-state index in [0.717, 1.165) is 11.1 Å². The fraction of sp³-hybridized carbons (Fsp3) is 0.125. The highest BCUT2D eigenvalue weighted by Gasteiger charge is 2.23. The van der Waals surface area contributed by atoms with E-state index >= 15 is 0 Å². The number of phenolic OH excluding ortho intramolecular Hbond substituents is 1. The van der Waals surface area contributed by atoms with Crippen molar-refractivity contribution in [3.05, 3.63) is 168 Å². The number of pyridine rings is 1. The number of imidazole rings is 1. The van der Waals surface area contributed by atoms with E-state index in [4.69, 9.17) is 21.4 Å². The molecule has 8 rings (SSSR count). The summed E-state index contributed by atoms with van der Waals surface area (Å²) in [5.74, 6) is 0.187. The third kappa shape index (κ3) is 6.18. The van der Waals surface area contributed by atoms with Gasteiger partial charge in [0.1, 0.15) is 11.6 Å². The quantitative estimate of drug-likeness (QED) is 0.189. The van der Waals surface area contributed by atoms with E-state index in [2.05, 4.69) is 4.98 Å². The molecule has 4 heteroatoms. The van der Waals surface area contributed by atoms with Crippen LogP contribution in [0, 0.1) is 13.7 Å². The second kappa shape index (κ2) is 13.1. The molecule has 0 spiro atoms. The Hall–Kier alpha value is -6.26. The van der Waals surface area contributed by atoms with Crippen molar-refractivity contribution in [3.63, 3.8) is 0 Å². The SMILES string of the molecule is [2H]c1nc(-c2cc(-c3cccc4c3nc(-c3ccccc3O)n4-c3ccc(-c4ccccc4)cc3C([2H])([2H])[2H])cc(C(C)(C)C)c2)c([2H])c(-c2c([2H])c([2H])c(C([2H])([2H])[2H])c([2H])c2[2H])c1[2H]. The Labute approximate surface area is 324 Å². The summed E-state index contributed by atoms with van der Waals surface area (Å²) in [6.45, 7) is 0.394. The van der Waals surface area contributed by atoms with Crippen molar-refractivity contribution < 1.29 is 22.9 Å². The fourth-order valence-electron chi connectivity index (χ4n) is 6.33. The Morgan fingerprint density at radius 1 is 0.654 bits per heavy atom. The largest absolute Gasteiger partial charge is 0.507 e. The van der Waals surface area contributed by atoms with Gasteiger partial charge in [-0.3, -0.25) is 9.55 Å². The molecule has 0 saturated heterocycles. The van der Waals surface area contributed by atoms with Crippen LogP contribution in [0.3, 0.4) is 0 Å². The van der Waals surface area contributed by atoms with Crippen LogP contribution in [0.1, 0.15) is 55.3 Å². The molecule has 2 aromatic heterocycles. The second-order valence-corrected chi connectivity index (χ2v) is 13.6. The molecule has 0 aliphatic rings. The van der Waals surface area contributed by atoms with Gasteiger partial charge in [0, 0.05) is 25.5 Å². The Kier molecular flexibility index (Phi) is 5.35. The van der Waals surface area contributed by atoms with Gasteiger partial charge >= 0.3 is 0 Å². The zero-order valence-electron chi connectivity index (χ0n) is 41.7. The topological polar surface area (TPSA) is 50.9 Å². The van der Waals surface area contributed by atoms with Crippen molar-refractivity contribution in [3.8, 4) is 67.5 Å². The fourth-order valence-corrected chi connectivity index (χ4v) is 6.33. The van der Waals surface area contributed by atoms with Crippen LogP contribution in [0.25, 0.3) is 72.7 Å². The minimum Gasteiger partial charge on any atom is -0.507 e. The van der Waals surface area contributed by atoms with E-state index in [1.165, 1.54) is 6.07 Å². The molecule has 1 N–H and O–H groups in total. The van der Waals surface area contributed by atoms with E-state index in [-0.39, 0.29) is 22.8 Å². The predicted molar refractivity (Wildman–Crippen MR) is 216 cm³/mol. The van der Waals surface area contributed by atoms with E-state index in [1.807, 2.05) is 75.4 Å². The van der Waals surface area contributed by atoms with E-state index in [1.54, 1.807) is 53.1 Å². The number of rotatable bonds is 6. The number of aromatic nitrogens is 3. The number of fused-ring (bicyclic) bond motifs is 1. The molecule has 0 bridgehead atoms. The van der Waals surface area contributed by atoms with Crippen LogP contribution in [-0.2, 0) is 5.41 Å². The molecule has 52 heavy (non-hydrogen) atoms. The van der Waals surface area contributed by atoms with Crippen molar-refractivity contribution in [2.75, 3.05) is 0 Å². The summed E-state index contributed by atoms with van der Waals surface area (Å²) in [6, 6.07) is 27.9. The molecule has 0 unspecified atom stereocenters. The Morgan fingerprint density at radius 3 is 2.19 bits per heavy atom. The molecule has 0 fully saturated rings. The lowest BCUT2D eigenvalue weighted by Crippen LogP contribution is -2.11. The van der Waals surface area contributed by atoms with Crippen LogP contribution in [0.15, 0.2) is 152 Å². The maximum absolute atomic E-state index is 11.3. The molecule has 0 amide bonds. The molecule has 0 saturated carbocycles. The zero-order valence-corrected chi connectivity index (χ0v) is 28.7. The van der Waals surface area contributed by atoms with Gasteiger partial charge in [0.15, 0.2) is 0 Å². The standard InChI is InChI=1S/C48H41N3O/c1-31-18-20-34(21-19-31)36-24-25-49-42(30-36)38-27-37(28-39(29-38)48(3,4)5)40-15-11-16-44-46(40)50-47(41-14-9-10-17-45(41)52)51(44)43-23-22-35(26-32(43)2)33-12-7-6-8-13-33/h6-30,52H,1-5H3/i1D3,2D3,18D,19D,20D,21D,24D,25D,30D. The van der Waals surface area contributed by atoms with Crippen molar-refractivity contribution in [1.82, 2.24) is 14.5 Å². The van der Waals surface area contributed by atoms with Crippen LogP contribution in [0.5, 0.6) is 5.75 Å². The number of para-hydroxylation sites is 2. The molecule has 8 aromatic rings. The molecule has 2 heterocycles. The molecule has 0 radical (unpaired) electrons. The Morgan fingerprint density at radius 2 is 1.42 bits per heavy atom. The van der Waals surface area contributed by atoms with Gasteiger partial charge in [0.2, 0.25) is 0 Å². The highest BCUT2D eigenvalue weighted by molar-refractivity contribution is 5.97. The number of nitrogens with zero attached hydrogens (tertiary/aromatic N) is 3. The average molecular weight is 689 g/mol. The number of phenols is 1. The number of aromatic hydroxyl groups is 1. The van der Waals surface area contributed by atoms with Crippen LogP contribution in [0.4, 0.5) is 0 Å². The third-order valence-corrected chi connectivity index (χ3v) is 9.03. The van der Waals surface area contributed by atoms with Gasteiger partial charge in [-0.25, -0.2) is 4.98 Å². The maximum Gasteiger partial charge on any atom is 0.149 e. The molecule has 0 atom stereocenters. The van der Waals surface area contributed by atoms with Crippen LogP contribution in [0.2, 0.25) is 0 Å². The summed E-state index contributed by atoms with van der Waals surface area (Å²) < 4.78 is 113. The third-order valence-electron chi connectivity index (χ3n) is 9.03. The molecular formula is C48H41N3O. The zero-order chi connectivity index (χ0) is 47.1. The lowest BCUT2D eigenvalue weighted by molar-refractivity contribution is 0.477. The smallest absolute Gasteiger partial charge is 0.149 e. The predicted octanol–water partition coefficient (Wildman–Crippen LogP) is 12.4. The van der Waals surface area contributed by atoms with Crippen LogP contribution in [-0.4, -0.2) is 19.6 Å². The average Bonchev–Trinajstić information content (AvgIpc) is 3.64. The summed E-state index contributed by atoms with van der Waals surface area (Å²) >= 11 is 0. The van der Waals surface area contributed by atoms with Crippen molar-refractivity contribution in [1.29, 1.82) is 0 Å². The van der Waals surface area contributed by atoms with Crippen LogP contribution >= 0.6 is 0 Å². The monoisotopic (exact) mass is 688 g/mol. The van der Waals surface area contributed by atoms with Crippen molar-refractivity contribution in [2.45, 2.75) is 39.9 Å². The highest BCUT2D eigenvalue weighted by Crippen LogP contribution is 2.40. The number of hydrogen-bond donors (Lipinski definition) is 1. The van der Waals surface area contributed by atoms with Crippen molar-refractivity contribution >= 4 is 11.0 Å². The summed E-state index contributed by atoms with van der Waals surface area (Å²) in [5, 5.41) is 11.3. The molecule has 254 valence electrons. The molecule has 0 aliphatic heterocycles. The van der Waals surface area contributed by atoms with Crippen molar-refractivity contribution in [2.24, 2.45) is 0 Å². The lowest BCUT2D eigenvalue weighted by atomic mass is 9.83. The first-order chi connectivity index (χ1) is 30.5. The van der Waals surface area contributed by atoms with Gasteiger partial charge in [-0.1, -0.05) is 117 Å². The van der Waals surface area contributed by atoms with Gasteiger partial charge in [-0.2, -0.15) is 0 Å². The van der Waals surface area contributed by atoms with E-state index in [0.29, 0.717) is 44.5 Å². The summed E-state index contributed by atoms with van der Waals surface area (Å²) in [6.07, 6.45) is -0.609. The number of aryl methyl sites for hydroxylation is 1. The maximum atomic E-state index is 11.3. The minimum absolute atomic E-state index is 0.0564.